The highest BCUT2D eigenvalue weighted by atomic mass is 16.6. The first-order chi connectivity index (χ1) is 7.08. The van der Waals surface area contributed by atoms with E-state index in [1.165, 1.54) is 11.1 Å². The summed E-state index contributed by atoms with van der Waals surface area (Å²) in [7, 11) is 0. The lowest BCUT2D eigenvalue weighted by molar-refractivity contribution is -0.142. The predicted octanol–water partition coefficient (Wildman–Crippen LogP) is 1.62. The van der Waals surface area contributed by atoms with Crippen molar-refractivity contribution in [1.29, 1.82) is 0 Å². The van der Waals surface area contributed by atoms with Gasteiger partial charge in [0.05, 0.1) is 0 Å². The Labute approximate surface area is 89.2 Å². The predicted molar refractivity (Wildman–Crippen MR) is 57.3 cm³/mol. The molecule has 80 valence electrons. The van der Waals surface area contributed by atoms with Gasteiger partial charge in [0.1, 0.15) is 12.1 Å². The number of esters is 1. The Bertz CT molecular complexity index is 401. The maximum Gasteiger partial charge on any atom is 0.323 e. The lowest BCUT2D eigenvalue weighted by Crippen LogP contribution is -2.24. The van der Waals surface area contributed by atoms with Crippen LogP contribution in [-0.4, -0.2) is 12.0 Å². The molecule has 0 aliphatic carbocycles. The fraction of sp³-hybridized carbons (Fsp3) is 0.417. The first-order valence-electron chi connectivity index (χ1n) is 5.11. The van der Waals surface area contributed by atoms with Gasteiger partial charge in [-0.3, -0.25) is 4.79 Å². The van der Waals surface area contributed by atoms with Crippen molar-refractivity contribution in [2.75, 3.05) is 0 Å². The summed E-state index contributed by atoms with van der Waals surface area (Å²) in [6, 6.07) is 5.64. The van der Waals surface area contributed by atoms with Gasteiger partial charge in [-0.2, -0.15) is 0 Å². The molecule has 1 fully saturated rings. The third-order valence-corrected chi connectivity index (χ3v) is 2.93. The third kappa shape index (κ3) is 1.88. The van der Waals surface area contributed by atoms with Crippen LogP contribution in [0, 0.1) is 13.8 Å². The lowest BCUT2D eigenvalue weighted by Gasteiger charge is -2.11. The zero-order chi connectivity index (χ0) is 11.0. The number of hydrogen-bond acceptors (Lipinski definition) is 3. The van der Waals surface area contributed by atoms with Gasteiger partial charge >= 0.3 is 5.97 Å². The van der Waals surface area contributed by atoms with E-state index in [-0.39, 0.29) is 12.1 Å². The highest BCUT2D eigenvalue weighted by molar-refractivity contribution is 5.77. The van der Waals surface area contributed by atoms with Crippen molar-refractivity contribution in [3.8, 4) is 0 Å². The van der Waals surface area contributed by atoms with Crippen molar-refractivity contribution in [3.63, 3.8) is 0 Å². The molecule has 2 unspecified atom stereocenters. The number of ether oxygens (including phenoxy) is 1. The minimum absolute atomic E-state index is 0.160. The molecule has 3 heteroatoms. The topological polar surface area (TPSA) is 52.3 Å². The summed E-state index contributed by atoms with van der Waals surface area (Å²) in [6.07, 6.45) is 0.424. The molecule has 1 aromatic carbocycles. The largest absolute Gasteiger partial charge is 0.456 e. The molecule has 0 aromatic heterocycles. The Morgan fingerprint density at radius 1 is 1.33 bits per heavy atom. The minimum Gasteiger partial charge on any atom is -0.456 e. The van der Waals surface area contributed by atoms with Gasteiger partial charge in [-0.25, -0.2) is 0 Å². The van der Waals surface area contributed by atoms with E-state index >= 15 is 0 Å². The maximum atomic E-state index is 11.2. The highest BCUT2D eigenvalue weighted by Crippen LogP contribution is 2.29. The first-order valence-corrected chi connectivity index (χ1v) is 5.11. The van der Waals surface area contributed by atoms with Gasteiger partial charge in [0.15, 0.2) is 0 Å². The van der Waals surface area contributed by atoms with Gasteiger partial charge in [-0.1, -0.05) is 18.2 Å². The molecule has 0 amide bonds. The van der Waals surface area contributed by atoms with Crippen molar-refractivity contribution >= 4 is 5.97 Å². The van der Waals surface area contributed by atoms with Crippen molar-refractivity contribution < 1.29 is 9.53 Å². The summed E-state index contributed by atoms with van der Waals surface area (Å²) in [5.41, 5.74) is 9.10. The minimum atomic E-state index is -0.461. The van der Waals surface area contributed by atoms with Crippen LogP contribution in [0.15, 0.2) is 18.2 Å². The average molecular weight is 205 g/mol. The average Bonchev–Trinajstić information content (AvgIpc) is 2.52. The molecule has 2 N–H and O–H groups in total. The second-order valence-corrected chi connectivity index (χ2v) is 4.11. The SMILES string of the molecule is Cc1ccc(C2CC(N)C(=O)O2)cc1C. The number of cyclic esters (lactones) is 1. The standard InChI is InChI=1S/C12H15NO2/c1-7-3-4-9(5-8(7)2)11-6-10(13)12(14)15-11/h3-5,10-11H,6,13H2,1-2H3. The second-order valence-electron chi connectivity index (χ2n) is 4.11. The Morgan fingerprint density at radius 3 is 2.60 bits per heavy atom. The summed E-state index contributed by atoms with van der Waals surface area (Å²) in [4.78, 5) is 11.2. The zero-order valence-electron chi connectivity index (χ0n) is 8.99. The van der Waals surface area contributed by atoms with E-state index in [1.54, 1.807) is 0 Å². The van der Waals surface area contributed by atoms with Crippen molar-refractivity contribution in [2.45, 2.75) is 32.4 Å². The Kier molecular flexibility index (Phi) is 2.49. The van der Waals surface area contributed by atoms with Gasteiger partial charge < -0.3 is 10.5 Å². The van der Waals surface area contributed by atoms with Gasteiger partial charge in [-0.15, -0.1) is 0 Å². The van der Waals surface area contributed by atoms with Gasteiger partial charge in [0.2, 0.25) is 0 Å². The van der Waals surface area contributed by atoms with Crippen LogP contribution < -0.4 is 5.73 Å². The molecule has 15 heavy (non-hydrogen) atoms. The fourth-order valence-electron chi connectivity index (χ4n) is 1.77. The van der Waals surface area contributed by atoms with E-state index in [2.05, 4.69) is 19.9 Å². The summed E-state index contributed by atoms with van der Waals surface area (Å²) in [5, 5.41) is 0. The molecule has 2 atom stereocenters. The molecule has 0 radical (unpaired) electrons. The molecule has 1 aliphatic heterocycles. The number of nitrogens with two attached hydrogens (primary N) is 1. The van der Waals surface area contributed by atoms with Crippen LogP contribution in [-0.2, 0) is 9.53 Å². The molecular weight excluding hydrogens is 190 g/mol. The first kappa shape index (κ1) is 10.2. The summed E-state index contributed by atoms with van der Waals surface area (Å²) in [5.74, 6) is -0.293. The number of rotatable bonds is 1. The van der Waals surface area contributed by atoms with E-state index in [4.69, 9.17) is 10.5 Å². The molecular formula is C12H15NO2. The molecule has 0 saturated carbocycles. The van der Waals surface area contributed by atoms with Crippen LogP contribution in [0.2, 0.25) is 0 Å². The molecule has 0 spiro atoms. The van der Waals surface area contributed by atoms with E-state index in [0.717, 1.165) is 5.56 Å². The monoisotopic (exact) mass is 205 g/mol. The molecule has 1 saturated heterocycles. The van der Waals surface area contributed by atoms with E-state index in [9.17, 15) is 4.79 Å². The van der Waals surface area contributed by atoms with Crippen LogP contribution in [0.1, 0.15) is 29.2 Å². The quantitative estimate of drug-likeness (QED) is 0.709. The number of carbonyl (C=O) groups is 1. The second kappa shape index (κ2) is 3.66. The van der Waals surface area contributed by atoms with E-state index in [1.807, 2.05) is 12.1 Å². The summed E-state index contributed by atoms with van der Waals surface area (Å²) >= 11 is 0. The molecule has 2 rings (SSSR count). The Balaban J connectivity index is 2.24. The van der Waals surface area contributed by atoms with Crippen molar-refractivity contribution in [2.24, 2.45) is 5.73 Å². The van der Waals surface area contributed by atoms with Crippen molar-refractivity contribution in [1.82, 2.24) is 0 Å². The van der Waals surface area contributed by atoms with Gasteiger partial charge in [-0.05, 0) is 30.5 Å². The number of hydrogen-bond donors (Lipinski definition) is 1. The molecule has 1 heterocycles. The third-order valence-electron chi connectivity index (χ3n) is 2.93. The van der Waals surface area contributed by atoms with Gasteiger partial charge in [0, 0.05) is 6.42 Å². The molecule has 1 aromatic rings. The number of benzene rings is 1. The zero-order valence-corrected chi connectivity index (χ0v) is 8.99. The fourth-order valence-corrected chi connectivity index (χ4v) is 1.77. The Hall–Kier alpha value is -1.35. The van der Waals surface area contributed by atoms with Crippen LogP contribution in [0.4, 0.5) is 0 Å². The van der Waals surface area contributed by atoms with Crippen molar-refractivity contribution in [3.05, 3.63) is 34.9 Å². The number of carbonyl (C=O) groups excluding carboxylic acids is 1. The number of aryl methyl sites for hydroxylation is 2. The van der Waals surface area contributed by atoms with Crippen LogP contribution >= 0.6 is 0 Å². The normalized spacial score (nSPS) is 25.4. The van der Waals surface area contributed by atoms with Crippen LogP contribution in [0.3, 0.4) is 0 Å². The van der Waals surface area contributed by atoms with E-state index in [0.29, 0.717) is 6.42 Å². The van der Waals surface area contributed by atoms with Crippen LogP contribution in [0.25, 0.3) is 0 Å². The molecule has 0 bridgehead atoms. The summed E-state index contributed by atoms with van der Waals surface area (Å²) < 4.78 is 5.19. The molecule has 1 aliphatic rings. The highest BCUT2D eigenvalue weighted by Gasteiger charge is 2.32. The Morgan fingerprint density at radius 2 is 2.07 bits per heavy atom. The maximum absolute atomic E-state index is 11.2. The molecule has 3 nitrogen and oxygen atoms in total. The lowest BCUT2D eigenvalue weighted by atomic mass is 10.0. The van der Waals surface area contributed by atoms with E-state index < -0.39 is 6.04 Å². The summed E-state index contributed by atoms with van der Waals surface area (Å²) in [6.45, 7) is 4.11. The van der Waals surface area contributed by atoms with Crippen LogP contribution in [0.5, 0.6) is 0 Å². The van der Waals surface area contributed by atoms with Gasteiger partial charge in [0.25, 0.3) is 0 Å². The smallest absolute Gasteiger partial charge is 0.323 e.